The molecule has 0 spiro atoms. The molecule has 0 aliphatic carbocycles. The van der Waals surface area contributed by atoms with Crippen molar-refractivity contribution in [3.05, 3.63) is 21.6 Å². The van der Waals surface area contributed by atoms with Crippen LogP contribution in [0.1, 0.15) is 33.6 Å². The van der Waals surface area contributed by atoms with Crippen molar-refractivity contribution in [3.8, 4) is 0 Å². The van der Waals surface area contributed by atoms with E-state index in [0.29, 0.717) is 21.1 Å². The van der Waals surface area contributed by atoms with E-state index < -0.39 is 10.0 Å². The lowest BCUT2D eigenvalue weighted by molar-refractivity contribution is 0.390. The van der Waals surface area contributed by atoms with Gasteiger partial charge >= 0.3 is 0 Å². The molecule has 4 nitrogen and oxygen atoms in total. The van der Waals surface area contributed by atoms with Crippen LogP contribution in [0.4, 0.5) is 5.69 Å². The SMILES string of the molecule is CCC(CC)C(C)NS(=O)(=O)c1cc(Cl)cc(N)c1Br. The molecule has 3 N–H and O–H groups in total. The Morgan fingerprint density at radius 3 is 2.40 bits per heavy atom. The Kier molecular flexibility index (Phi) is 6.31. The van der Waals surface area contributed by atoms with Crippen LogP contribution in [0.3, 0.4) is 0 Å². The molecule has 0 heterocycles. The normalized spacial score (nSPS) is 13.7. The van der Waals surface area contributed by atoms with Crippen LogP contribution >= 0.6 is 27.5 Å². The zero-order valence-electron chi connectivity index (χ0n) is 11.8. The number of hydrogen-bond donors (Lipinski definition) is 2. The molecule has 0 bridgehead atoms. The molecule has 0 aliphatic heterocycles. The zero-order chi connectivity index (χ0) is 15.5. The Labute approximate surface area is 134 Å². The predicted octanol–water partition coefficient (Wildman–Crippen LogP) is 3.79. The van der Waals surface area contributed by atoms with Crippen LogP contribution in [-0.2, 0) is 10.0 Å². The Hall–Kier alpha value is -0.300. The van der Waals surface area contributed by atoms with Gasteiger partial charge in [-0.2, -0.15) is 0 Å². The third-order valence-electron chi connectivity index (χ3n) is 3.42. The Morgan fingerprint density at radius 1 is 1.35 bits per heavy atom. The first kappa shape index (κ1) is 17.8. The van der Waals surface area contributed by atoms with Crippen molar-refractivity contribution in [1.29, 1.82) is 0 Å². The first-order chi connectivity index (χ1) is 9.22. The summed E-state index contributed by atoms with van der Waals surface area (Å²) >= 11 is 9.10. The van der Waals surface area contributed by atoms with Crippen LogP contribution in [-0.4, -0.2) is 14.5 Å². The van der Waals surface area contributed by atoms with Gasteiger partial charge in [0.1, 0.15) is 0 Å². The summed E-state index contributed by atoms with van der Waals surface area (Å²) in [5.74, 6) is 0.292. The van der Waals surface area contributed by atoms with Gasteiger partial charge in [0.2, 0.25) is 10.0 Å². The molecule has 0 fully saturated rings. The number of nitrogen functional groups attached to an aromatic ring is 1. The number of sulfonamides is 1. The minimum atomic E-state index is -3.66. The van der Waals surface area contributed by atoms with Crippen molar-refractivity contribution < 1.29 is 8.42 Å². The van der Waals surface area contributed by atoms with Gasteiger partial charge in [0.15, 0.2) is 0 Å². The fraction of sp³-hybridized carbons (Fsp3) is 0.538. The maximum Gasteiger partial charge on any atom is 0.242 e. The van der Waals surface area contributed by atoms with Gasteiger partial charge in [0.25, 0.3) is 0 Å². The van der Waals surface area contributed by atoms with Crippen LogP contribution in [0.25, 0.3) is 0 Å². The maximum absolute atomic E-state index is 12.4. The average molecular weight is 384 g/mol. The summed E-state index contributed by atoms with van der Waals surface area (Å²) in [6.07, 6.45) is 1.83. The second-order valence-corrected chi connectivity index (χ2v) is 7.71. The molecular formula is C13H20BrClN2O2S. The van der Waals surface area contributed by atoms with E-state index in [-0.39, 0.29) is 10.9 Å². The second kappa shape index (κ2) is 7.11. The largest absolute Gasteiger partial charge is 0.398 e. The Bertz CT molecular complexity index is 574. The molecule has 1 aromatic rings. The van der Waals surface area contributed by atoms with Crippen LogP contribution in [0.5, 0.6) is 0 Å². The average Bonchev–Trinajstić information content (AvgIpc) is 2.34. The summed E-state index contributed by atoms with van der Waals surface area (Å²) in [5, 5.41) is 0.293. The van der Waals surface area contributed by atoms with Crippen molar-refractivity contribution in [3.63, 3.8) is 0 Å². The fourth-order valence-corrected chi connectivity index (χ4v) is 4.78. The van der Waals surface area contributed by atoms with Crippen LogP contribution in [0.2, 0.25) is 5.02 Å². The summed E-state index contributed by atoms with van der Waals surface area (Å²) in [6.45, 7) is 5.97. The summed E-state index contributed by atoms with van der Waals surface area (Å²) in [5.41, 5.74) is 6.04. The number of hydrogen-bond acceptors (Lipinski definition) is 3. The highest BCUT2D eigenvalue weighted by atomic mass is 79.9. The lowest BCUT2D eigenvalue weighted by atomic mass is 9.96. The molecule has 0 aromatic heterocycles. The number of nitrogens with one attached hydrogen (secondary N) is 1. The molecule has 0 aliphatic rings. The molecule has 20 heavy (non-hydrogen) atoms. The van der Waals surface area contributed by atoms with E-state index in [0.717, 1.165) is 12.8 Å². The van der Waals surface area contributed by atoms with Gasteiger partial charge in [-0.25, -0.2) is 13.1 Å². The van der Waals surface area contributed by atoms with Crippen molar-refractivity contribution in [2.45, 2.75) is 44.6 Å². The first-order valence-electron chi connectivity index (χ1n) is 6.49. The molecule has 1 rings (SSSR count). The van der Waals surface area contributed by atoms with E-state index in [1.807, 2.05) is 20.8 Å². The molecule has 114 valence electrons. The first-order valence-corrected chi connectivity index (χ1v) is 9.15. The number of rotatable bonds is 6. The highest BCUT2D eigenvalue weighted by Gasteiger charge is 2.25. The predicted molar refractivity (Wildman–Crippen MR) is 87.4 cm³/mol. The van der Waals surface area contributed by atoms with Gasteiger partial charge in [0, 0.05) is 16.8 Å². The van der Waals surface area contributed by atoms with Crippen molar-refractivity contribution in [2.75, 3.05) is 5.73 Å². The van der Waals surface area contributed by atoms with E-state index in [1.54, 1.807) is 0 Å². The molecular weight excluding hydrogens is 364 g/mol. The fourth-order valence-electron chi connectivity index (χ4n) is 2.18. The number of nitrogens with two attached hydrogens (primary N) is 1. The lowest BCUT2D eigenvalue weighted by Gasteiger charge is -2.22. The van der Waals surface area contributed by atoms with Gasteiger partial charge < -0.3 is 5.73 Å². The van der Waals surface area contributed by atoms with E-state index in [9.17, 15) is 8.42 Å². The van der Waals surface area contributed by atoms with Gasteiger partial charge in [-0.3, -0.25) is 0 Å². The molecule has 0 saturated heterocycles. The van der Waals surface area contributed by atoms with E-state index >= 15 is 0 Å². The molecule has 0 amide bonds. The van der Waals surface area contributed by atoms with Crippen LogP contribution < -0.4 is 10.5 Å². The zero-order valence-corrected chi connectivity index (χ0v) is 14.9. The minimum absolute atomic E-state index is 0.0697. The lowest BCUT2D eigenvalue weighted by Crippen LogP contribution is -2.37. The van der Waals surface area contributed by atoms with Gasteiger partial charge in [-0.1, -0.05) is 38.3 Å². The number of anilines is 1. The Balaban J connectivity index is 3.12. The van der Waals surface area contributed by atoms with E-state index in [4.69, 9.17) is 17.3 Å². The maximum atomic E-state index is 12.4. The van der Waals surface area contributed by atoms with Crippen LogP contribution in [0, 0.1) is 5.92 Å². The molecule has 1 aromatic carbocycles. The molecule has 1 atom stereocenters. The quantitative estimate of drug-likeness (QED) is 0.734. The van der Waals surface area contributed by atoms with Gasteiger partial charge in [-0.05, 0) is 40.9 Å². The summed E-state index contributed by atoms with van der Waals surface area (Å²) in [4.78, 5) is 0.0697. The number of benzene rings is 1. The Morgan fingerprint density at radius 2 is 1.90 bits per heavy atom. The second-order valence-electron chi connectivity index (χ2n) is 4.79. The van der Waals surface area contributed by atoms with Gasteiger partial charge in [0.05, 0.1) is 9.37 Å². The molecule has 1 unspecified atom stereocenters. The summed E-state index contributed by atoms with van der Waals surface area (Å²) in [6, 6.07) is 2.75. The van der Waals surface area contributed by atoms with Crippen LogP contribution in [0.15, 0.2) is 21.5 Å². The molecule has 0 radical (unpaired) electrons. The summed E-state index contributed by atoms with van der Waals surface area (Å²) < 4.78 is 27.9. The monoisotopic (exact) mass is 382 g/mol. The van der Waals surface area contributed by atoms with E-state index in [1.165, 1.54) is 12.1 Å². The summed E-state index contributed by atoms with van der Waals surface area (Å²) in [7, 11) is -3.66. The minimum Gasteiger partial charge on any atom is -0.398 e. The highest BCUT2D eigenvalue weighted by molar-refractivity contribution is 9.10. The smallest absolute Gasteiger partial charge is 0.242 e. The highest BCUT2D eigenvalue weighted by Crippen LogP contribution is 2.31. The van der Waals surface area contributed by atoms with Crippen molar-refractivity contribution in [1.82, 2.24) is 4.72 Å². The van der Waals surface area contributed by atoms with Crippen molar-refractivity contribution in [2.24, 2.45) is 5.92 Å². The molecule has 0 saturated carbocycles. The van der Waals surface area contributed by atoms with Gasteiger partial charge in [-0.15, -0.1) is 0 Å². The number of halogens is 2. The van der Waals surface area contributed by atoms with Crippen molar-refractivity contribution >= 4 is 43.2 Å². The third-order valence-corrected chi connectivity index (χ3v) is 6.37. The molecule has 7 heteroatoms. The van der Waals surface area contributed by atoms with E-state index in [2.05, 4.69) is 20.7 Å². The standard InChI is InChI=1S/C13H20BrClN2O2S/c1-4-9(5-2)8(3)17-20(18,19)12-7-10(15)6-11(16)13(12)14/h6-9,17H,4-5,16H2,1-3H3. The topological polar surface area (TPSA) is 72.2 Å². The third kappa shape index (κ3) is 4.10.